The molecule has 0 aliphatic heterocycles. The molecule has 0 amide bonds. The van der Waals surface area contributed by atoms with Gasteiger partial charge in [-0.1, -0.05) is 5.16 Å². The van der Waals surface area contributed by atoms with Crippen molar-refractivity contribution < 1.29 is 9.62 Å². The molecule has 94 valence electrons. The lowest BCUT2D eigenvalue weighted by Gasteiger charge is -2.14. The van der Waals surface area contributed by atoms with E-state index in [0.717, 1.165) is 37.5 Å². The van der Waals surface area contributed by atoms with Gasteiger partial charge in [-0.25, -0.2) is 0 Å². The van der Waals surface area contributed by atoms with Gasteiger partial charge < -0.3 is 20.7 Å². The lowest BCUT2D eigenvalue weighted by molar-refractivity contribution is 0.314. The van der Waals surface area contributed by atoms with Gasteiger partial charge in [0.2, 0.25) is 0 Å². The van der Waals surface area contributed by atoms with Crippen LogP contribution in [0.5, 0.6) is 0 Å². The molecule has 1 aliphatic carbocycles. The van der Waals surface area contributed by atoms with Crippen LogP contribution in [0.1, 0.15) is 30.8 Å². The van der Waals surface area contributed by atoms with Gasteiger partial charge in [0, 0.05) is 13.0 Å². The molecule has 0 bridgehead atoms. The number of hydrogen-bond donors (Lipinski definition) is 3. The molecule has 0 aromatic carbocycles. The fourth-order valence-corrected chi connectivity index (χ4v) is 2.04. The maximum absolute atomic E-state index is 8.56. The second kappa shape index (κ2) is 4.79. The Bertz CT molecular complexity index is 408. The molecule has 0 atom stereocenters. The fourth-order valence-electron chi connectivity index (χ4n) is 2.04. The molecule has 4 N–H and O–H groups in total. The molecule has 0 saturated heterocycles. The largest absolute Gasteiger partial charge is 0.465 e. The maximum atomic E-state index is 8.56. The van der Waals surface area contributed by atoms with Gasteiger partial charge in [0.25, 0.3) is 0 Å². The SMILES string of the molecule is Cc1ccc(CNCC2(CC(N)=NO)CC2)o1. The van der Waals surface area contributed by atoms with E-state index in [1.807, 2.05) is 19.1 Å². The van der Waals surface area contributed by atoms with Gasteiger partial charge in [0.1, 0.15) is 17.4 Å². The Morgan fingerprint density at radius 1 is 1.59 bits per heavy atom. The van der Waals surface area contributed by atoms with E-state index in [1.165, 1.54) is 0 Å². The smallest absolute Gasteiger partial charge is 0.139 e. The van der Waals surface area contributed by atoms with E-state index < -0.39 is 0 Å². The van der Waals surface area contributed by atoms with Crippen LogP contribution < -0.4 is 11.1 Å². The molecular formula is C12H19N3O2. The van der Waals surface area contributed by atoms with Crippen LogP contribution >= 0.6 is 0 Å². The third kappa shape index (κ3) is 3.23. The number of nitrogens with zero attached hydrogens (tertiary/aromatic N) is 1. The Balaban J connectivity index is 1.75. The average Bonchev–Trinajstić information content (AvgIpc) is 2.93. The van der Waals surface area contributed by atoms with Crippen LogP contribution in [-0.4, -0.2) is 17.6 Å². The lowest BCUT2D eigenvalue weighted by Crippen LogP contribution is -2.28. The number of oxime groups is 1. The van der Waals surface area contributed by atoms with Gasteiger partial charge in [0.15, 0.2) is 0 Å². The summed E-state index contributed by atoms with van der Waals surface area (Å²) in [5, 5.41) is 15.0. The van der Waals surface area contributed by atoms with Crippen LogP contribution in [0.2, 0.25) is 0 Å². The summed E-state index contributed by atoms with van der Waals surface area (Å²) < 4.78 is 5.47. The van der Waals surface area contributed by atoms with Crippen LogP contribution in [0.25, 0.3) is 0 Å². The first-order valence-corrected chi connectivity index (χ1v) is 5.86. The van der Waals surface area contributed by atoms with Gasteiger partial charge in [-0.15, -0.1) is 0 Å². The van der Waals surface area contributed by atoms with Crippen molar-refractivity contribution in [3.63, 3.8) is 0 Å². The van der Waals surface area contributed by atoms with Crippen molar-refractivity contribution >= 4 is 5.84 Å². The van der Waals surface area contributed by atoms with Crippen LogP contribution in [0.15, 0.2) is 21.7 Å². The second-order valence-corrected chi connectivity index (χ2v) is 4.88. The van der Waals surface area contributed by atoms with E-state index in [0.29, 0.717) is 12.3 Å². The summed E-state index contributed by atoms with van der Waals surface area (Å²) in [6.07, 6.45) is 2.93. The number of rotatable bonds is 6. The van der Waals surface area contributed by atoms with Crippen LogP contribution in [0, 0.1) is 12.3 Å². The van der Waals surface area contributed by atoms with E-state index in [1.54, 1.807) is 0 Å². The van der Waals surface area contributed by atoms with Crippen molar-refractivity contribution in [3.8, 4) is 0 Å². The van der Waals surface area contributed by atoms with E-state index in [4.69, 9.17) is 15.4 Å². The Hall–Kier alpha value is -1.49. The van der Waals surface area contributed by atoms with Gasteiger partial charge in [0.05, 0.1) is 6.54 Å². The highest BCUT2D eigenvalue weighted by atomic mass is 16.4. The predicted molar refractivity (Wildman–Crippen MR) is 64.8 cm³/mol. The highest BCUT2D eigenvalue weighted by Gasteiger charge is 2.42. The van der Waals surface area contributed by atoms with Crippen LogP contribution in [0.4, 0.5) is 0 Å². The molecule has 5 nitrogen and oxygen atoms in total. The number of nitrogens with two attached hydrogens (primary N) is 1. The topological polar surface area (TPSA) is 83.8 Å². The first-order chi connectivity index (χ1) is 8.13. The zero-order valence-electron chi connectivity index (χ0n) is 10.1. The van der Waals surface area contributed by atoms with E-state index in [9.17, 15) is 0 Å². The van der Waals surface area contributed by atoms with Crippen LogP contribution in [-0.2, 0) is 6.54 Å². The van der Waals surface area contributed by atoms with Crippen molar-refractivity contribution in [2.24, 2.45) is 16.3 Å². The summed E-state index contributed by atoms with van der Waals surface area (Å²) in [6.45, 7) is 3.54. The molecule has 5 heteroatoms. The zero-order valence-corrected chi connectivity index (χ0v) is 10.1. The first-order valence-electron chi connectivity index (χ1n) is 5.86. The molecule has 1 fully saturated rings. The molecule has 1 aliphatic rings. The first kappa shape index (κ1) is 12.0. The Labute approximate surface area is 101 Å². The summed E-state index contributed by atoms with van der Waals surface area (Å²) in [4.78, 5) is 0. The molecule has 17 heavy (non-hydrogen) atoms. The molecule has 2 rings (SSSR count). The minimum Gasteiger partial charge on any atom is -0.465 e. The van der Waals surface area contributed by atoms with E-state index in [-0.39, 0.29) is 5.41 Å². The Morgan fingerprint density at radius 3 is 2.88 bits per heavy atom. The highest BCUT2D eigenvalue weighted by molar-refractivity contribution is 5.80. The monoisotopic (exact) mass is 237 g/mol. The quantitative estimate of drug-likeness (QED) is 0.303. The fraction of sp³-hybridized carbons (Fsp3) is 0.583. The Morgan fingerprint density at radius 2 is 2.35 bits per heavy atom. The minimum atomic E-state index is 0.192. The molecule has 1 aromatic heterocycles. The number of furan rings is 1. The van der Waals surface area contributed by atoms with Crippen molar-refractivity contribution in [2.75, 3.05) is 6.54 Å². The summed E-state index contributed by atoms with van der Waals surface area (Å²) >= 11 is 0. The normalized spacial score (nSPS) is 18.3. The molecule has 0 spiro atoms. The standard InChI is InChI=1S/C12H19N3O2/c1-9-2-3-10(17-9)7-14-8-12(4-5-12)6-11(13)15-16/h2-3,14,16H,4-8H2,1H3,(H2,13,15). The number of hydrogen-bond acceptors (Lipinski definition) is 4. The molecule has 1 aromatic rings. The molecule has 1 heterocycles. The third-order valence-corrected chi connectivity index (χ3v) is 3.24. The Kier molecular flexibility index (Phi) is 3.38. The number of nitrogens with one attached hydrogen (secondary N) is 1. The van der Waals surface area contributed by atoms with Crippen molar-refractivity contribution in [1.29, 1.82) is 0 Å². The zero-order chi connectivity index (χ0) is 12.3. The summed E-state index contributed by atoms with van der Waals surface area (Å²) in [5.74, 6) is 2.19. The average molecular weight is 237 g/mol. The van der Waals surface area contributed by atoms with Crippen molar-refractivity contribution in [2.45, 2.75) is 32.7 Å². The van der Waals surface area contributed by atoms with Gasteiger partial charge >= 0.3 is 0 Å². The molecule has 0 unspecified atom stereocenters. The highest BCUT2D eigenvalue weighted by Crippen LogP contribution is 2.48. The van der Waals surface area contributed by atoms with Gasteiger partial charge in [-0.05, 0) is 37.3 Å². The number of aryl methyl sites for hydroxylation is 1. The maximum Gasteiger partial charge on any atom is 0.139 e. The third-order valence-electron chi connectivity index (χ3n) is 3.24. The van der Waals surface area contributed by atoms with Gasteiger partial charge in [-0.2, -0.15) is 0 Å². The predicted octanol–water partition coefficient (Wildman–Crippen LogP) is 1.59. The van der Waals surface area contributed by atoms with Crippen LogP contribution in [0.3, 0.4) is 0 Å². The second-order valence-electron chi connectivity index (χ2n) is 4.88. The lowest BCUT2D eigenvalue weighted by atomic mass is 10.0. The molecule has 0 radical (unpaired) electrons. The molecular weight excluding hydrogens is 218 g/mol. The van der Waals surface area contributed by atoms with E-state index >= 15 is 0 Å². The minimum absolute atomic E-state index is 0.192. The molecule has 1 saturated carbocycles. The summed E-state index contributed by atoms with van der Waals surface area (Å²) in [7, 11) is 0. The number of amidine groups is 1. The van der Waals surface area contributed by atoms with Crippen molar-refractivity contribution in [3.05, 3.63) is 23.7 Å². The van der Waals surface area contributed by atoms with E-state index in [2.05, 4.69) is 10.5 Å². The van der Waals surface area contributed by atoms with Crippen molar-refractivity contribution in [1.82, 2.24) is 5.32 Å². The van der Waals surface area contributed by atoms with Gasteiger partial charge in [-0.3, -0.25) is 0 Å². The summed E-state index contributed by atoms with van der Waals surface area (Å²) in [5.41, 5.74) is 5.73. The summed E-state index contributed by atoms with van der Waals surface area (Å²) in [6, 6.07) is 3.94.